The van der Waals surface area contributed by atoms with Gasteiger partial charge in [-0.2, -0.15) is 0 Å². The van der Waals surface area contributed by atoms with Crippen LogP contribution in [-0.2, 0) is 22.9 Å². The molecule has 1 aliphatic rings. The number of benzene rings is 2. The van der Waals surface area contributed by atoms with E-state index < -0.39 is 14.9 Å². The minimum Gasteiger partial charge on any atom is -0.379 e. The molecule has 2 aromatic carbocycles. The Morgan fingerprint density at radius 2 is 1.80 bits per heavy atom. The highest BCUT2D eigenvalue weighted by atomic mass is 32.2. The number of sulfonamides is 1. The number of nitrogens with two attached hydrogens (primary N) is 1. The van der Waals surface area contributed by atoms with Crippen molar-refractivity contribution in [2.24, 2.45) is 11.1 Å². The van der Waals surface area contributed by atoms with Gasteiger partial charge in [-0.15, -0.1) is 0 Å². The molecule has 0 unspecified atom stereocenters. The van der Waals surface area contributed by atoms with Crippen molar-refractivity contribution in [3.05, 3.63) is 63.7 Å². The Labute approximate surface area is 146 Å². The molecule has 132 valence electrons. The summed E-state index contributed by atoms with van der Waals surface area (Å²) in [6, 6.07) is 12.0. The summed E-state index contributed by atoms with van der Waals surface area (Å²) >= 11 is 0. The molecule has 2 aromatic rings. The number of rotatable bonds is 6. The lowest BCUT2D eigenvalue weighted by Crippen LogP contribution is -2.14. The Hall–Kier alpha value is -2.45. The summed E-state index contributed by atoms with van der Waals surface area (Å²) in [4.78, 5) is 10.3. The molecule has 0 fully saturated rings. The van der Waals surface area contributed by atoms with Crippen molar-refractivity contribution in [3.8, 4) is 0 Å². The van der Waals surface area contributed by atoms with Crippen LogP contribution in [0.4, 0.5) is 11.4 Å². The van der Waals surface area contributed by atoms with E-state index in [1.54, 1.807) is 0 Å². The fourth-order valence-electron chi connectivity index (χ4n) is 3.25. The zero-order chi connectivity index (χ0) is 18.0. The van der Waals surface area contributed by atoms with E-state index in [2.05, 4.69) is 17.4 Å². The van der Waals surface area contributed by atoms with Crippen molar-refractivity contribution in [3.63, 3.8) is 0 Å². The quantitative estimate of drug-likeness (QED) is 0.606. The van der Waals surface area contributed by atoms with Gasteiger partial charge in [0, 0.05) is 12.6 Å². The van der Waals surface area contributed by atoms with E-state index >= 15 is 0 Å². The zero-order valence-corrected chi connectivity index (χ0v) is 14.3. The Morgan fingerprint density at radius 3 is 2.36 bits per heavy atom. The van der Waals surface area contributed by atoms with Gasteiger partial charge in [0.15, 0.2) is 0 Å². The lowest BCUT2D eigenvalue weighted by Gasteiger charge is -2.11. The lowest BCUT2D eigenvalue weighted by molar-refractivity contribution is -0.384. The van der Waals surface area contributed by atoms with Crippen molar-refractivity contribution in [2.75, 3.05) is 11.9 Å². The van der Waals surface area contributed by atoms with E-state index in [9.17, 15) is 18.5 Å². The highest BCUT2D eigenvalue weighted by molar-refractivity contribution is 7.89. The SMILES string of the molecule is NS(=O)(=O)c1ccc(NCCC2Cc3ccccc3C2)c([N+](=O)[O-])c1. The van der Waals surface area contributed by atoms with Crippen LogP contribution in [0.3, 0.4) is 0 Å². The van der Waals surface area contributed by atoms with Gasteiger partial charge >= 0.3 is 0 Å². The predicted molar refractivity (Wildman–Crippen MR) is 94.9 cm³/mol. The Morgan fingerprint density at radius 1 is 1.16 bits per heavy atom. The first-order valence-corrected chi connectivity index (χ1v) is 9.51. The third-order valence-corrected chi connectivity index (χ3v) is 5.41. The minimum absolute atomic E-state index is 0.268. The Bertz CT molecular complexity index is 887. The average molecular weight is 361 g/mol. The maximum atomic E-state index is 11.3. The van der Waals surface area contributed by atoms with Gasteiger partial charge < -0.3 is 5.32 Å². The number of nitro groups is 1. The van der Waals surface area contributed by atoms with E-state index in [-0.39, 0.29) is 10.6 Å². The maximum absolute atomic E-state index is 11.3. The zero-order valence-electron chi connectivity index (χ0n) is 13.5. The van der Waals surface area contributed by atoms with Crippen molar-refractivity contribution in [1.29, 1.82) is 0 Å². The van der Waals surface area contributed by atoms with Gasteiger partial charge in [-0.25, -0.2) is 13.6 Å². The molecule has 3 N–H and O–H groups in total. The molecule has 3 rings (SSSR count). The van der Waals surface area contributed by atoms with Crippen molar-refractivity contribution >= 4 is 21.4 Å². The van der Waals surface area contributed by atoms with Gasteiger partial charge in [-0.05, 0) is 48.4 Å². The molecule has 0 saturated heterocycles. The van der Waals surface area contributed by atoms with Crippen LogP contribution in [0, 0.1) is 16.0 Å². The Balaban J connectivity index is 1.65. The van der Waals surface area contributed by atoms with Crippen molar-refractivity contribution in [1.82, 2.24) is 0 Å². The third kappa shape index (κ3) is 3.97. The first kappa shape index (κ1) is 17.4. The summed E-state index contributed by atoms with van der Waals surface area (Å²) in [7, 11) is -3.97. The van der Waals surface area contributed by atoms with Gasteiger partial charge in [0.25, 0.3) is 5.69 Å². The predicted octanol–water partition coefficient (Wildman–Crippen LogP) is 2.46. The second-order valence-corrected chi connectivity index (χ2v) is 7.80. The Kier molecular flexibility index (Phi) is 4.73. The molecule has 7 nitrogen and oxygen atoms in total. The smallest absolute Gasteiger partial charge is 0.293 e. The van der Waals surface area contributed by atoms with Gasteiger partial charge in [0.2, 0.25) is 10.0 Å². The van der Waals surface area contributed by atoms with E-state index in [1.807, 2.05) is 12.1 Å². The molecular weight excluding hydrogens is 342 g/mol. The molecule has 0 radical (unpaired) electrons. The van der Waals surface area contributed by atoms with Crippen LogP contribution in [0.2, 0.25) is 0 Å². The molecule has 0 saturated carbocycles. The van der Waals surface area contributed by atoms with Crippen LogP contribution in [0.5, 0.6) is 0 Å². The minimum atomic E-state index is -3.97. The summed E-state index contributed by atoms with van der Waals surface area (Å²) in [5.41, 5.74) is 2.75. The van der Waals surface area contributed by atoms with Crippen LogP contribution in [0.25, 0.3) is 0 Å². The third-order valence-electron chi connectivity index (χ3n) is 4.50. The van der Waals surface area contributed by atoms with Crippen LogP contribution in [-0.4, -0.2) is 19.9 Å². The molecule has 0 atom stereocenters. The van der Waals surface area contributed by atoms with Gasteiger partial charge in [0.1, 0.15) is 5.69 Å². The average Bonchev–Trinajstić information content (AvgIpc) is 2.96. The molecule has 0 bridgehead atoms. The summed E-state index contributed by atoms with van der Waals surface area (Å²) in [6.45, 7) is 0.578. The number of hydrogen-bond donors (Lipinski definition) is 2. The lowest BCUT2D eigenvalue weighted by atomic mass is 10.0. The fourth-order valence-corrected chi connectivity index (χ4v) is 3.79. The van der Waals surface area contributed by atoms with Crippen LogP contribution < -0.4 is 10.5 Å². The van der Waals surface area contributed by atoms with Crippen LogP contribution in [0.1, 0.15) is 17.5 Å². The highest BCUT2D eigenvalue weighted by Gasteiger charge is 2.22. The number of nitrogens with one attached hydrogen (secondary N) is 1. The molecule has 0 heterocycles. The number of anilines is 1. The summed E-state index contributed by atoms with van der Waals surface area (Å²) in [5, 5.41) is 19.3. The fraction of sp³-hybridized carbons (Fsp3) is 0.294. The topological polar surface area (TPSA) is 115 Å². The second kappa shape index (κ2) is 6.81. The molecular formula is C17H19N3O4S. The number of nitro benzene ring substituents is 1. The van der Waals surface area contributed by atoms with Gasteiger partial charge in [-0.1, -0.05) is 24.3 Å². The molecule has 25 heavy (non-hydrogen) atoms. The number of primary sulfonamides is 1. The van der Waals surface area contributed by atoms with Gasteiger partial charge in [-0.3, -0.25) is 10.1 Å². The normalized spacial score (nSPS) is 14.3. The van der Waals surface area contributed by atoms with E-state index in [0.717, 1.165) is 25.3 Å². The van der Waals surface area contributed by atoms with Crippen molar-refractivity contribution < 1.29 is 13.3 Å². The molecule has 0 aromatic heterocycles. The summed E-state index contributed by atoms with van der Waals surface area (Å²) in [5.74, 6) is 0.507. The van der Waals surface area contributed by atoms with E-state index in [1.165, 1.54) is 23.3 Å². The number of fused-ring (bicyclic) bond motifs is 1. The highest BCUT2D eigenvalue weighted by Crippen LogP contribution is 2.30. The molecule has 8 heteroatoms. The van der Waals surface area contributed by atoms with Gasteiger partial charge in [0.05, 0.1) is 9.82 Å². The van der Waals surface area contributed by atoms with E-state index in [4.69, 9.17) is 5.14 Å². The van der Waals surface area contributed by atoms with Crippen LogP contribution in [0.15, 0.2) is 47.4 Å². The molecule has 0 amide bonds. The standard InChI is InChI=1S/C17H19N3O4S/c18-25(23,24)15-5-6-16(17(11-15)20(21)22)19-8-7-12-9-13-3-1-2-4-14(13)10-12/h1-6,11-12,19H,7-10H2,(H2,18,23,24). The van der Waals surface area contributed by atoms with Crippen molar-refractivity contribution in [2.45, 2.75) is 24.2 Å². The first-order valence-electron chi connectivity index (χ1n) is 7.96. The monoisotopic (exact) mass is 361 g/mol. The van der Waals surface area contributed by atoms with E-state index in [0.29, 0.717) is 18.2 Å². The number of nitrogens with zero attached hydrogens (tertiary/aromatic N) is 1. The van der Waals surface area contributed by atoms with Crippen LogP contribution >= 0.6 is 0 Å². The first-order chi connectivity index (χ1) is 11.8. The molecule has 0 spiro atoms. The molecule has 1 aliphatic carbocycles. The largest absolute Gasteiger partial charge is 0.379 e. The molecule has 0 aliphatic heterocycles. The maximum Gasteiger partial charge on any atom is 0.293 e. The summed E-state index contributed by atoms with van der Waals surface area (Å²) < 4.78 is 22.7. The summed E-state index contributed by atoms with van der Waals surface area (Å²) in [6.07, 6.45) is 2.91. The second-order valence-electron chi connectivity index (χ2n) is 6.24. The number of hydrogen-bond acceptors (Lipinski definition) is 5.